The Morgan fingerprint density at radius 2 is 2.36 bits per heavy atom. The molecule has 1 aliphatic heterocycles. The lowest BCUT2D eigenvalue weighted by Crippen LogP contribution is -2.20. The molecule has 0 amide bonds. The lowest BCUT2D eigenvalue weighted by atomic mass is 10.2. The van der Waals surface area contributed by atoms with Crippen molar-refractivity contribution in [3.05, 3.63) is 5.92 Å². The summed E-state index contributed by atoms with van der Waals surface area (Å²) in [5.74, 6) is 2.72. The summed E-state index contributed by atoms with van der Waals surface area (Å²) in [5, 5.41) is 0.763. The van der Waals surface area contributed by atoms with Crippen LogP contribution in [0.3, 0.4) is 0 Å². The van der Waals surface area contributed by atoms with E-state index in [0.717, 1.165) is 18.5 Å². The van der Waals surface area contributed by atoms with Crippen LogP contribution in [0.5, 0.6) is 0 Å². The zero-order chi connectivity index (χ0) is 8.10. The van der Waals surface area contributed by atoms with Crippen molar-refractivity contribution in [1.82, 2.24) is 0 Å². The van der Waals surface area contributed by atoms with Gasteiger partial charge in [-0.05, 0) is 24.5 Å². The van der Waals surface area contributed by atoms with E-state index in [-0.39, 0.29) is 0 Å². The topological polar surface area (TPSA) is 9.23 Å². The van der Waals surface area contributed by atoms with E-state index < -0.39 is 0 Å². The summed E-state index contributed by atoms with van der Waals surface area (Å²) in [6.45, 7) is 6.33. The number of thioether (sulfide) groups is 1. The molecule has 1 atom stereocenters. The summed E-state index contributed by atoms with van der Waals surface area (Å²) in [6.07, 6.45) is 2.60. The van der Waals surface area contributed by atoms with Crippen LogP contribution in [0.25, 0.3) is 0 Å². The van der Waals surface area contributed by atoms with Gasteiger partial charge in [0.05, 0.1) is 6.61 Å². The van der Waals surface area contributed by atoms with E-state index in [1.54, 1.807) is 0 Å². The quantitative estimate of drug-likeness (QED) is 0.648. The Bertz CT molecular complexity index is 97.7. The van der Waals surface area contributed by atoms with Gasteiger partial charge < -0.3 is 4.74 Å². The largest absolute Gasteiger partial charge is 0.380 e. The lowest BCUT2D eigenvalue weighted by molar-refractivity contribution is 0.101. The number of hydrogen-bond acceptors (Lipinski definition) is 2. The summed E-state index contributed by atoms with van der Waals surface area (Å²) >= 11 is 2.04. The van der Waals surface area contributed by atoms with E-state index in [1.807, 2.05) is 11.8 Å². The van der Waals surface area contributed by atoms with Crippen molar-refractivity contribution in [3.63, 3.8) is 0 Å². The van der Waals surface area contributed by atoms with Gasteiger partial charge in [-0.25, -0.2) is 0 Å². The summed E-state index contributed by atoms with van der Waals surface area (Å²) in [5.41, 5.74) is 0. The van der Waals surface area contributed by atoms with E-state index in [9.17, 15) is 0 Å². The number of rotatable bonds is 3. The molecule has 1 radical (unpaired) electrons. The van der Waals surface area contributed by atoms with Crippen LogP contribution in [-0.4, -0.2) is 24.2 Å². The highest BCUT2D eigenvalue weighted by Gasteiger charge is 2.14. The molecule has 11 heavy (non-hydrogen) atoms. The van der Waals surface area contributed by atoms with Crippen molar-refractivity contribution in [1.29, 1.82) is 0 Å². The van der Waals surface area contributed by atoms with Gasteiger partial charge in [0.1, 0.15) is 0 Å². The van der Waals surface area contributed by atoms with Crippen LogP contribution in [0.4, 0.5) is 0 Å². The van der Waals surface area contributed by atoms with Crippen LogP contribution in [-0.2, 0) is 4.74 Å². The molecule has 1 fully saturated rings. The Hall–Kier alpha value is 0.310. The average Bonchev–Trinajstić information content (AvgIpc) is 2.03. The van der Waals surface area contributed by atoms with E-state index in [0.29, 0.717) is 0 Å². The summed E-state index contributed by atoms with van der Waals surface area (Å²) < 4.78 is 5.38. The molecule has 0 spiro atoms. The minimum atomic E-state index is 0.763. The first-order chi connectivity index (χ1) is 5.29. The van der Waals surface area contributed by atoms with Crippen molar-refractivity contribution >= 4 is 11.8 Å². The van der Waals surface area contributed by atoms with Gasteiger partial charge in [-0.1, -0.05) is 13.8 Å². The smallest absolute Gasteiger partial charge is 0.0585 e. The molecular weight excluding hydrogens is 156 g/mol. The molecule has 0 aromatic rings. The van der Waals surface area contributed by atoms with Gasteiger partial charge in [0.25, 0.3) is 0 Å². The van der Waals surface area contributed by atoms with Gasteiger partial charge in [0.2, 0.25) is 0 Å². The van der Waals surface area contributed by atoms with Crippen LogP contribution in [0.2, 0.25) is 0 Å². The number of ether oxygens (including phenoxy) is 1. The highest BCUT2D eigenvalue weighted by Crippen LogP contribution is 2.22. The molecule has 1 saturated heterocycles. The van der Waals surface area contributed by atoms with E-state index in [1.165, 1.54) is 24.5 Å². The van der Waals surface area contributed by atoms with E-state index in [4.69, 9.17) is 4.74 Å². The molecule has 0 aliphatic carbocycles. The molecular formula is C9H17OS. The molecule has 0 N–H and O–H groups in total. The third kappa shape index (κ3) is 4.02. The Kier molecular flexibility index (Phi) is 4.31. The maximum Gasteiger partial charge on any atom is 0.0585 e. The summed E-state index contributed by atoms with van der Waals surface area (Å²) in [7, 11) is 0. The second-order valence-electron chi connectivity index (χ2n) is 3.36. The molecule has 1 aliphatic rings. The van der Waals surface area contributed by atoms with Crippen molar-refractivity contribution in [2.45, 2.75) is 31.9 Å². The van der Waals surface area contributed by atoms with Gasteiger partial charge in [0, 0.05) is 11.9 Å². The van der Waals surface area contributed by atoms with Crippen molar-refractivity contribution in [2.24, 2.45) is 0 Å². The van der Waals surface area contributed by atoms with Crippen LogP contribution >= 0.6 is 11.8 Å². The molecule has 1 rings (SSSR count). The van der Waals surface area contributed by atoms with E-state index in [2.05, 4.69) is 13.8 Å². The molecule has 0 saturated carbocycles. The first kappa shape index (κ1) is 9.40. The Morgan fingerprint density at radius 1 is 1.55 bits per heavy atom. The molecule has 1 nitrogen and oxygen atoms in total. The second-order valence-corrected chi connectivity index (χ2v) is 4.65. The van der Waals surface area contributed by atoms with Gasteiger partial charge in [0.15, 0.2) is 0 Å². The zero-order valence-corrected chi connectivity index (χ0v) is 8.25. The first-order valence-electron chi connectivity index (χ1n) is 4.27. The monoisotopic (exact) mass is 173 g/mol. The highest BCUT2D eigenvalue weighted by molar-refractivity contribution is 8.00. The Labute approximate surface area is 73.9 Å². The van der Waals surface area contributed by atoms with Gasteiger partial charge >= 0.3 is 0 Å². The Morgan fingerprint density at radius 3 is 2.91 bits per heavy atom. The fourth-order valence-electron chi connectivity index (χ4n) is 1.13. The Balaban J connectivity index is 2.05. The molecule has 2 heteroatoms. The first-order valence-corrected chi connectivity index (χ1v) is 5.32. The summed E-state index contributed by atoms with van der Waals surface area (Å²) in [6, 6.07) is 0. The van der Waals surface area contributed by atoms with Crippen molar-refractivity contribution in [3.8, 4) is 0 Å². The van der Waals surface area contributed by atoms with Crippen LogP contribution in [0.1, 0.15) is 26.7 Å². The van der Waals surface area contributed by atoms with E-state index >= 15 is 0 Å². The molecule has 0 aromatic heterocycles. The SMILES string of the molecule is C[C](C)CSC1CCCOC1. The fraction of sp³-hybridized carbons (Fsp3) is 0.889. The zero-order valence-electron chi connectivity index (χ0n) is 7.43. The molecule has 0 bridgehead atoms. The summed E-state index contributed by atoms with van der Waals surface area (Å²) in [4.78, 5) is 0. The maximum absolute atomic E-state index is 5.38. The maximum atomic E-state index is 5.38. The third-order valence-electron chi connectivity index (χ3n) is 1.73. The normalized spacial score (nSPS) is 25.9. The van der Waals surface area contributed by atoms with Crippen LogP contribution in [0.15, 0.2) is 0 Å². The van der Waals surface area contributed by atoms with Crippen molar-refractivity contribution < 1.29 is 4.74 Å². The predicted octanol–water partition coefficient (Wildman–Crippen LogP) is 2.51. The highest BCUT2D eigenvalue weighted by atomic mass is 32.2. The minimum absolute atomic E-state index is 0.763. The van der Waals surface area contributed by atoms with Crippen LogP contribution < -0.4 is 0 Å². The second kappa shape index (κ2) is 5.04. The lowest BCUT2D eigenvalue weighted by Gasteiger charge is -2.21. The minimum Gasteiger partial charge on any atom is -0.380 e. The third-order valence-corrected chi connectivity index (χ3v) is 3.31. The molecule has 1 unspecified atom stereocenters. The molecule has 1 heterocycles. The van der Waals surface area contributed by atoms with Gasteiger partial charge in [-0.2, -0.15) is 11.8 Å². The number of hydrogen-bond donors (Lipinski definition) is 0. The average molecular weight is 173 g/mol. The standard InChI is InChI=1S/C9H17OS/c1-8(2)7-11-9-4-3-5-10-6-9/h9H,3-7H2,1-2H3. The van der Waals surface area contributed by atoms with Gasteiger partial charge in [-0.3, -0.25) is 0 Å². The van der Waals surface area contributed by atoms with Crippen molar-refractivity contribution in [2.75, 3.05) is 19.0 Å². The van der Waals surface area contributed by atoms with Gasteiger partial charge in [-0.15, -0.1) is 0 Å². The van der Waals surface area contributed by atoms with Crippen LogP contribution in [0, 0.1) is 5.92 Å². The fourth-order valence-corrected chi connectivity index (χ4v) is 2.22. The molecule has 65 valence electrons. The predicted molar refractivity (Wildman–Crippen MR) is 50.9 cm³/mol. The molecule has 0 aromatic carbocycles.